The Morgan fingerprint density at radius 1 is 1.21 bits per heavy atom. The summed E-state index contributed by atoms with van der Waals surface area (Å²) in [6, 6.07) is 8.02. The lowest BCUT2D eigenvalue weighted by Crippen LogP contribution is -2.39. The van der Waals surface area contributed by atoms with Crippen molar-refractivity contribution in [1.29, 1.82) is 0 Å². The van der Waals surface area contributed by atoms with Gasteiger partial charge in [0.05, 0.1) is 23.1 Å². The molecule has 1 aliphatic heterocycles. The van der Waals surface area contributed by atoms with Gasteiger partial charge in [-0.2, -0.15) is 5.10 Å². The van der Waals surface area contributed by atoms with Crippen LogP contribution in [0, 0.1) is 13.8 Å². The molecule has 1 atom stereocenters. The number of carbonyl (C=O) groups is 1. The summed E-state index contributed by atoms with van der Waals surface area (Å²) in [7, 11) is 1.84. The second-order valence-corrected chi connectivity index (χ2v) is 7.66. The average molecular weight is 390 g/mol. The van der Waals surface area contributed by atoms with Crippen molar-refractivity contribution in [3.63, 3.8) is 0 Å². The van der Waals surface area contributed by atoms with E-state index in [4.69, 9.17) is 0 Å². The van der Waals surface area contributed by atoms with Crippen molar-refractivity contribution in [2.24, 2.45) is 7.05 Å². The molecule has 0 spiro atoms. The summed E-state index contributed by atoms with van der Waals surface area (Å²) in [5.41, 5.74) is 4.48. The third-order valence-electron chi connectivity index (χ3n) is 5.43. The molecule has 0 radical (unpaired) electrons. The van der Waals surface area contributed by atoms with Crippen LogP contribution in [0.2, 0.25) is 0 Å². The van der Waals surface area contributed by atoms with Gasteiger partial charge in [-0.25, -0.2) is 4.98 Å². The number of pyridine rings is 2. The highest BCUT2D eigenvalue weighted by atomic mass is 16.2. The summed E-state index contributed by atoms with van der Waals surface area (Å²) in [6.07, 6.45) is 7.43. The van der Waals surface area contributed by atoms with Crippen LogP contribution >= 0.6 is 0 Å². The predicted molar refractivity (Wildman–Crippen MR) is 112 cm³/mol. The number of piperidine rings is 1. The van der Waals surface area contributed by atoms with E-state index < -0.39 is 0 Å². The Hall–Kier alpha value is -3.22. The molecule has 4 rings (SSSR count). The molecular weight excluding hydrogens is 364 g/mol. The molecule has 0 aromatic carbocycles. The van der Waals surface area contributed by atoms with Crippen LogP contribution in [0.3, 0.4) is 0 Å². The number of hydrogen-bond acceptors (Lipinski definition) is 5. The fourth-order valence-electron chi connectivity index (χ4n) is 3.86. The number of nitrogens with zero attached hydrogens (tertiary/aromatic N) is 5. The maximum absolute atomic E-state index is 12.9. The SMILES string of the molecule is Cc1cccnc1Nc1ccc(C2CCCN(C(=O)c3cn(C)nc3C)C2)nc1. The van der Waals surface area contributed by atoms with E-state index in [-0.39, 0.29) is 11.8 Å². The Morgan fingerprint density at radius 2 is 2.07 bits per heavy atom. The number of anilines is 2. The number of amides is 1. The molecule has 1 fully saturated rings. The zero-order valence-corrected chi connectivity index (χ0v) is 17.1. The second kappa shape index (κ2) is 8.03. The Balaban J connectivity index is 1.45. The summed E-state index contributed by atoms with van der Waals surface area (Å²) < 4.78 is 1.70. The molecule has 7 nitrogen and oxygen atoms in total. The van der Waals surface area contributed by atoms with E-state index in [1.54, 1.807) is 17.1 Å². The first-order chi connectivity index (χ1) is 14.0. The first kappa shape index (κ1) is 19.1. The summed E-state index contributed by atoms with van der Waals surface area (Å²) >= 11 is 0. The molecule has 0 aliphatic carbocycles. The molecule has 1 saturated heterocycles. The molecule has 0 bridgehead atoms. The predicted octanol–water partition coefficient (Wildman–Crippen LogP) is 3.59. The van der Waals surface area contributed by atoms with Crippen LogP contribution in [0.4, 0.5) is 11.5 Å². The van der Waals surface area contributed by atoms with Crippen molar-refractivity contribution in [1.82, 2.24) is 24.6 Å². The van der Waals surface area contributed by atoms with Crippen LogP contribution in [-0.4, -0.2) is 43.6 Å². The number of carbonyl (C=O) groups excluding carboxylic acids is 1. The highest BCUT2D eigenvalue weighted by molar-refractivity contribution is 5.95. The van der Waals surface area contributed by atoms with Gasteiger partial charge in [-0.1, -0.05) is 6.07 Å². The van der Waals surface area contributed by atoms with Gasteiger partial charge in [0.2, 0.25) is 0 Å². The van der Waals surface area contributed by atoms with E-state index >= 15 is 0 Å². The van der Waals surface area contributed by atoms with Gasteiger partial charge in [-0.3, -0.25) is 14.5 Å². The van der Waals surface area contributed by atoms with E-state index in [2.05, 4.69) is 26.4 Å². The summed E-state index contributed by atoms with van der Waals surface area (Å²) in [5, 5.41) is 7.61. The Morgan fingerprint density at radius 3 is 2.76 bits per heavy atom. The quantitative estimate of drug-likeness (QED) is 0.737. The van der Waals surface area contributed by atoms with Crippen LogP contribution in [0.5, 0.6) is 0 Å². The Bertz CT molecular complexity index is 1010. The number of nitrogens with one attached hydrogen (secondary N) is 1. The second-order valence-electron chi connectivity index (χ2n) is 7.66. The van der Waals surface area contributed by atoms with E-state index in [1.807, 2.05) is 50.2 Å². The lowest BCUT2D eigenvalue weighted by Gasteiger charge is -2.32. The standard InChI is InChI=1S/C22H26N6O/c1-15-6-4-10-23-21(15)25-18-8-9-20(24-12-18)17-7-5-11-28(13-17)22(29)19-14-27(3)26-16(19)2/h4,6,8-10,12,14,17H,5,7,11,13H2,1-3H3,(H,23,25). The topological polar surface area (TPSA) is 75.9 Å². The van der Waals surface area contributed by atoms with Crippen LogP contribution in [0.1, 0.15) is 46.1 Å². The average Bonchev–Trinajstić information content (AvgIpc) is 3.08. The molecule has 7 heteroatoms. The van der Waals surface area contributed by atoms with E-state index in [9.17, 15) is 4.79 Å². The fourth-order valence-corrected chi connectivity index (χ4v) is 3.86. The largest absolute Gasteiger partial charge is 0.339 e. The van der Waals surface area contributed by atoms with Crippen LogP contribution in [-0.2, 0) is 7.05 Å². The van der Waals surface area contributed by atoms with E-state index in [1.165, 1.54) is 0 Å². The van der Waals surface area contributed by atoms with Crippen molar-refractivity contribution in [2.45, 2.75) is 32.6 Å². The molecule has 3 aromatic rings. The number of hydrogen-bond donors (Lipinski definition) is 1. The third kappa shape index (κ3) is 4.13. The molecule has 1 N–H and O–H groups in total. The minimum atomic E-state index is 0.0595. The minimum absolute atomic E-state index is 0.0595. The zero-order valence-electron chi connectivity index (χ0n) is 17.1. The number of aromatic nitrogens is 4. The van der Waals surface area contributed by atoms with Crippen LogP contribution in [0.15, 0.2) is 42.9 Å². The number of rotatable bonds is 4. The molecule has 3 aromatic heterocycles. The molecule has 1 amide bonds. The highest BCUT2D eigenvalue weighted by Crippen LogP contribution is 2.28. The maximum atomic E-state index is 12.9. The van der Waals surface area contributed by atoms with E-state index in [0.717, 1.165) is 47.8 Å². The molecular formula is C22H26N6O. The molecule has 150 valence electrons. The monoisotopic (exact) mass is 390 g/mol. The van der Waals surface area contributed by atoms with E-state index in [0.29, 0.717) is 12.1 Å². The zero-order chi connectivity index (χ0) is 20.4. The first-order valence-electron chi connectivity index (χ1n) is 9.95. The number of aryl methyl sites for hydroxylation is 3. The van der Waals surface area contributed by atoms with Crippen molar-refractivity contribution < 1.29 is 4.79 Å². The van der Waals surface area contributed by atoms with Gasteiger partial charge in [0.25, 0.3) is 5.91 Å². The normalized spacial score (nSPS) is 16.7. The number of likely N-dealkylation sites (tertiary alicyclic amines) is 1. The van der Waals surface area contributed by atoms with Crippen molar-refractivity contribution >= 4 is 17.4 Å². The Labute approximate surface area is 170 Å². The molecule has 29 heavy (non-hydrogen) atoms. The van der Waals surface area contributed by atoms with Crippen molar-refractivity contribution in [3.05, 3.63) is 65.4 Å². The van der Waals surface area contributed by atoms with Gasteiger partial charge in [0, 0.05) is 44.1 Å². The third-order valence-corrected chi connectivity index (χ3v) is 5.43. The lowest BCUT2D eigenvalue weighted by atomic mass is 9.93. The van der Waals surface area contributed by atoms with Crippen molar-refractivity contribution in [3.8, 4) is 0 Å². The Kier molecular flexibility index (Phi) is 5.29. The van der Waals surface area contributed by atoms with Gasteiger partial charge in [-0.05, 0) is 50.5 Å². The van der Waals surface area contributed by atoms with Gasteiger partial charge < -0.3 is 10.2 Å². The summed E-state index contributed by atoms with van der Waals surface area (Å²) in [6.45, 7) is 5.37. The lowest BCUT2D eigenvalue weighted by molar-refractivity contribution is 0.0705. The molecule has 0 saturated carbocycles. The van der Waals surface area contributed by atoms with Gasteiger partial charge in [0.15, 0.2) is 0 Å². The highest BCUT2D eigenvalue weighted by Gasteiger charge is 2.27. The molecule has 4 heterocycles. The molecule has 1 unspecified atom stereocenters. The molecule has 1 aliphatic rings. The van der Waals surface area contributed by atoms with Crippen LogP contribution < -0.4 is 5.32 Å². The first-order valence-corrected chi connectivity index (χ1v) is 9.95. The minimum Gasteiger partial charge on any atom is -0.339 e. The summed E-state index contributed by atoms with van der Waals surface area (Å²) in [4.78, 5) is 23.9. The maximum Gasteiger partial charge on any atom is 0.257 e. The summed E-state index contributed by atoms with van der Waals surface area (Å²) in [5.74, 6) is 1.14. The smallest absolute Gasteiger partial charge is 0.257 e. The van der Waals surface area contributed by atoms with Gasteiger partial charge in [0.1, 0.15) is 5.82 Å². The van der Waals surface area contributed by atoms with Gasteiger partial charge >= 0.3 is 0 Å². The van der Waals surface area contributed by atoms with Gasteiger partial charge in [-0.15, -0.1) is 0 Å². The fraction of sp³-hybridized carbons (Fsp3) is 0.364. The van der Waals surface area contributed by atoms with Crippen LogP contribution in [0.25, 0.3) is 0 Å². The van der Waals surface area contributed by atoms with Crippen molar-refractivity contribution in [2.75, 3.05) is 18.4 Å².